The number of ether oxygens (including phenoxy) is 2. The Hall–Kier alpha value is -11.1. The van der Waals surface area contributed by atoms with Crippen molar-refractivity contribution in [3.8, 4) is 56.9 Å². The first-order valence-corrected chi connectivity index (χ1v) is 47.4. The SMILES string of the molecule is CS(=O)(=O)c1ccc(CN2CCC(OCC(=O)Nc3cc(Cl)cc(Cl)c3)(c3ccc(-c4cccc(C#N)c4)cc3)CC2)cc1.Cc1c(CN2CCC(OCC(=O)Nc3cc(Cl)cc(Cl)c3)(c3ccc(-c4cccc(C#N)c4)cc3)CC2)sc2ccccc12.O=C(CNC1(c2ccc(-c3cccc(-c4nn[nH]n4)c3)cc2)CCN(C2CCCC2)CC1)Nc1ccc(F)c(Cl)c1. The van der Waals surface area contributed by atoms with E-state index in [0.29, 0.717) is 97.5 Å². The predicted molar refractivity (Wildman–Crippen MR) is 512 cm³/mol. The number of benzene rings is 11. The first kappa shape index (κ1) is 92.6. The quantitative estimate of drug-likeness (QED) is 0.0356. The third-order valence-electron chi connectivity index (χ3n) is 24.6. The van der Waals surface area contributed by atoms with Crippen molar-refractivity contribution in [1.82, 2.24) is 40.6 Å². The van der Waals surface area contributed by atoms with E-state index in [4.69, 9.17) is 67.5 Å². The molecule has 1 saturated carbocycles. The molecule has 3 aliphatic heterocycles. The first-order valence-electron chi connectivity index (χ1n) is 42.8. The summed E-state index contributed by atoms with van der Waals surface area (Å²) >= 11 is 32.2. The van der Waals surface area contributed by atoms with Crippen molar-refractivity contribution in [3.63, 3.8) is 0 Å². The number of nitrogens with one attached hydrogen (secondary N) is 5. The highest BCUT2D eigenvalue weighted by molar-refractivity contribution is 7.90. The molecule has 0 radical (unpaired) electrons. The fourth-order valence-corrected chi connectivity index (χ4v) is 20.7. The summed E-state index contributed by atoms with van der Waals surface area (Å²) in [5, 5.41) is 48.2. The minimum absolute atomic E-state index is 0.0190. The number of halogens is 6. The minimum Gasteiger partial charge on any atom is -0.360 e. The molecule has 0 atom stereocenters. The number of aromatic amines is 1. The van der Waals surface area contributed by atoms with Gasteiger partial charge < -0.3 is 30.3 Å². The van der Waals surface area contributed by atoms with Gasteiger partial charge in [-0.25, -0.2) is 12.8 Å². The molecule has 0 unspecified atom stereocenters. The Balaban J connectivity index is 0.000000149. The zero-order chi connectivity index (χ0) is 90.2. The normalized spacial score (nSPS) is 15.7. The lowest BCUT2D eigenvalue weighted by Crippen LogP contribution is -2.54. The fourth-order valence-electron chi connectivity index (χ4n) is 17.6. The third kappa shape index (κ3) is 23.8. The van der Waals surface area contributed by atoms with Gasteiger partial charge >= 0.3 is 0 Å². The number of sulfone groups is 1. The number of aryl methyl sites for hydroxylation is 1. The van der Waals surface area contributed by atoms with Crippen LogP contribution in [-0.4, -0.2) is 133 Å². The lowest BCUT2D eigenvalue weighted by molar-refractivity contribution is -0.135. The van der Waals surface area contributed by atoms with Gasteiger partial charge in [0.2, 0.25) is 23.5 Å². The molecular weight excluding hydrogens is 1770 g/mol. The maximum Gasteiger partial charge on any atom is 0.250 e. The van der Waals surface area contributed by atoms with Gasteiger partial charge in [0.1, 0.15) is 19.0 Å². The number of tetrazole rings is 1. The number of hydrogen-bond donors (Lipinski definition) is 5. The summed E-state index contributed by atoms with van der Waals surface area (Å²) in [6.07, 6.45) is 11.0. The molecule has 5 heterocycles. The van der Waals surface area contributed by atoms with Crippen molar-refractivity contribution >= 4 is 124 Å². The van der Waals surface area contributed by atoms with Gasteiger partial charge in [0.15, 0.2) is 9.84 Å². The van der Waals surface area contributed by atoms with E-state index >= 15 is 0 Å². The second-order valence-corrected chi connectivity index (χ2v) is 38.4. The van der Waals surface area contributed by atoms with Crippen molar-refractivity contribution in [3.05, 3.63) is 323 Å². The van der Waals surface area contributed by atoms with Gasteiger partial charge in [0.05, 0.1) is 50.9 Å². The van der Waals surface area contributed by atoms with Crippen LogP contribution in [0.2, 0.25) is 25.1 Å². The molecule has 2 aromatic heterocycles. The number of H-pyrrole nitrogens is 1. The number of hydrogen-bond acceptors (Lipinski definition) is 17. The van der Waals surface area contributed by atoms with Gasteiger partial charge in [-0.1, -0.05) is 216 Å². The Bertz CT molecular complexity index is 6310. The first-order chi connectivity index (χ1) is 62.3. The minimum atomic E-state index is -3.25. The molecule has 28 heteroatoms. The van der Waals surface area contributed by atoms with Gasteiger partial charge in [0, 0.05) is 122 Å². The summed E-state index contributed by atoms with van der Waals surface area (Å²) in [6, 6.07) is 82.8. The molecule has 3 amide bonds. The molecule has 5 N–H and O–H groups in total. The second kappa shape index (κ2) is 42.2. The van der Waals surface area contributed by atoms with E-state index < -0.39 is 26.9 Å². The van der Waals surface area contributed by atoms with Gasteiger partial charge in [-0.15, -0.1) is 21.5 Å². The Morgan fingerprint density at radius 1 is 0.519 bits per heavy atom. The van der Waals surface area contributed by atoms with Gasteiger partial charge in [-0.3, -0.25) is 29.5 Å². The Kier molecular flexibility index (Phi) is 30.3. The van der Waals surface area contributed by atoms with E-state index in [1.165, 1.54) is 76.2 Å². The molecule has 0 spiro atoms. The van der Waals surface area contributed by atoms with Crippen LogP contribution in [0.15, 0.2) is 254 Å². The number of amides is 3. The van der Waals surface area contributed by atoms with Crippen molar-refractivity contribution in [1.29, 1.82) is 10.5 Å². The van der Waals surface area contributed by atoms with Crippen LogP contribution in [-0.2, 0) is 63.5 Å². The second-order valence-electron chi connectivity index (χ2n) is 33.1. The number of carbonyl (C=O) groups excluding carboxylic acids is 3. The number of carbonyl (C=O) groups is 3. The molecule has 3 saturated heterocycles. The monoisotopic (exact) mass is 1860 g/mol. The highest BCUT2D eigenvalue weighted by Gasteiger charge is 2.42. The molecule has 4 fully saturated rings. The smallest absolute Gasteiger partial charge is 0.250 e. The maximum atomic E-state index is 13.6. The Labute approximate surface area is 779 Å². The van der Waals surface area contributed by atoms with Crippen LogP contribution < -0.4 is 21.3 Å². The zero-order valence-electron chi connectivity index (χ0n) is 71.1. The van der Waals surface area contributed by atoms with Crippen molar-refractivity contribution in [2.45, 2.75) is 112 Å². The average molecular weight is 1860 g/mol. The van der Waals surface area contributed by atoms with Crippen LogP contribution >= 0.6 is 69.3 Å². The number of anilines is 3. The van der Waals surface area contributed by atoms with Gasteiger partial charge in [-0.2, -0.15) is 15.7 Å². The molecule has 13 aromatic rings. The molecule has 17 rings (SSSR count). The molecule has 660 valence electrons. The number of thiophene rings is 1. The fraction of sp³-hybridized carbons (Fsp3) is 0.267. The predicted octanol–water partition coefficient (Wildman–Crippen LogP) is 22.1. The van der Waals surface area contributed by atoms with Crippen LogP contribution in [0.3, 0.4) is 0 Å². The number of nitrogens with zero attached hydrogens (tertiary/aromatic N) is 8. The molecule has 20 nitrogen and oxygen atoms in total. The van der Waals surface area contributed by atoms with Crippen LogP contribution in [0.1, 0.15) is 108 Å². The molecule has 129 heavy (non-hydrogen) atoms. The number of nitriles is 2. The molecule has 1 aliphatic carbocycles. The molecule has 4 aliphatic rings. The summed E-state index contributed by atoms with van der Waals surface area (Å²) < 4.78 is 51.6. The summed E-state index contributed by atoms with van der Waals surface area (Å²) in [6.45, 7) is 8.72. The van der Waals surface area contributed by atoms with E-state index in [9.17, 15) is 37.7 Å². The lowest BCUT2D eigenvalue weighted by atomic mass is 9.79. The van der Waals surface area contributed by atoms with E-state index in [1.807, 2.05) is 96.3 Å². The summed E-state index contributed by atoms with van der Waals surface area (Å²) in [7, 11) is -3.25. The van der Waals surface area contributed by atoms with Gasteiger partial charge in [-0.05, 0) is 233 Å². The number of fused-ring (bicyclic) bond motifs is 1. The highest BCUT2D eigenvalue weighted by Crippen LogP contribution is 2.44. The van der Waals surface area contributed by atoms with E-state index in [0.717, 1.165) is 114 Å². The zero-order valence-corrected chi connectivity index (χ0v) is 76.5. The Morgan fingerprint density at radius 2 is 1.00 bits per heavy atom. The number of aromatic nitrogens is 4. The van der Waals surface area contributed by atoms with Crippen LogP contribution in [0.4, 0.5) is 21.5 Å². The molecule has 0 bridgehead atoms. The van der Waals surface area contributed by atoms with E-state index in [-0.39, 0.29) is 48.0 Å². The van der Waals surface area contributed by atoms with E-state index in [2.05, 4.69) is 161 Å². The standard InChI is InChI=1S/C36H31Cl2N3O2S.C34H31Cl2N3O4S.C31H33ClFN7O/c1-24-32-7-2-3-8-33(32)44-34(24)22-41-15-13-36(14-16-41,43-23-35(42)40-31-19-29(37)18-30(38)20-31)28-11-9-26(10-12-28)27-6-4-5-25(17-27)21-39;1-44(41,42)32-11-5-24(6-12-32)22-39-15-13-34(14-16-39,43-23-33(40)38-31-19-29(35)18-30(36)20-31)28-9-7-26(8-10-28)27-4-2-3-25(17-27)21-37;32-27-19-25(12-13-28(27)33)35-29(41)20-34-31(14-16-40(17-15-31)26-6-1-2-7-26)24-10-8-21(9-11-24)22-4-3-5-23(18-22)30-36-38-39-37-30/h2-12,17-20H,13-16,22-23H2,1H3,(H,40,42);2-12,17-20H,13-16,22-23H2,1H3,(H,38,40);3-5,8-13,18-19,26,34H,1-2,6-7,14-17,20H2,(H,35,41)(H,36,37,38,39). The van der Waals surface area contributed by atoms with Crippen LogP contribution in [0.5, 0.6) is 0 Å². The van der Waals surface area contributed by atoms with Crippen molar-refractivity contribution in [2.24, 2.45) is 0 Å². The lowest BCUT2D eigenvalue weighted by Gasteiger charge is -2.45. The summed E-state index contributed by atoms with van der Waals surface area (Å²) in [4.78, 5) is 48.0. The van der Waals surface area contributed by atoms with Crippen LogP contribution in [0, 0.1) is 35.4 Å². The average Bonchev–Trinajstić information content (AvgIpc) is 1.71. The highest BCUT2D eigenvalue weighted by atomic mass is 35.5. The third-order valence-corrected chi connectivity index (χ3v) is 28.2. The van der Waals surface area contributed by atoms with Crippen molar-refractivity contribution in [2.75, 3.05) is 81.2 Å². The Morgan fingerprint density at radius 3 is 1.49 bits per heavy atom. The van der Waals surface area contributed by atoms with Crippen molar-refractivity contribution < 1.29 is 36.7 Å². The summed E-state index contributed by atoms with van der Waals surface area (Å²) in [5.74, 6) is -0.736. The number of likely N-dealkylation sites (tertiary alicyclic amines) is 3. The number of piperidine rings is 3. The topological polar surface area (TPSA) is 264 Å². The molecular formula is C101H95Cl5FN13O7S2. The summed E-state index contributed by atoms with van der Waals surface area (Å²) in [5.41, 5.74) is 13.6. The van der Waals surface area contributed by atoms with E-state index in [1.54, 1.807) is 60.7 Å². The van der Waals surface area contributed by atoms with Gasteiger partial charge in [0.25, 0.3) is 0 Å². The van der Waals surface area contributed by atoms with Crippen LogP contribution in [0.25, 0.3) is 54.9 Å². The largest absolute Gasteiger partial charge is 0.360 e. The number of rotatable bonds is 25. The molecule has 11 aromatic carbocycles. The maximum absolute atomic E-state index is 13.6.